The molecule has 2 N–H and O–H groups in total. The first-order valence-corrected chi connectivity index (χ1v) is 5.14. The average molecular weight is 205 g/mol. The van der Waals surface area contributed by atoms with Gasteiger partial charge in [-0.25, -0.2) is 0 Å². The monoisotopic (exact) mass is 205 g/mol. The summed E-state index contributed by atoms with van der Waals surface area (Å²) in [5.74, 6) is -0.900. The molecule has 2 atom stereocenters. The molecule has 1 saturated carbocycles. The lowest BCUT2D eigenvalue weighted by molar-refractivity contribution is -0.138. The summed E-state index contributed by atoms with van der Waals surface area (Å²) in [6, 6.07) is 6.28. The SMILES string of the molecule is Cc1ccc(C)c(NC2CC2C(=O)O)c1. The largest absolute Gasteiger partial charge is 0.481 e. The topological polar surface area (TPSA) is 49.3 Å². The molecule has 0 radical (unpaired) electrons. The number of aryl methyl sites for hydroxylation is 2. The Kier molecular flexibility index (Phi) is 2.39. The fourth-order valence-corrected chi connectivity index (χ4v) is 1.72. The predicted octanol–water partition coefficient (Wildman–Crippen LogP) is 2.19. The van der Waals surface area contributed by atoms with E-state index in [9.17, 15) is 4.79 Å². The summed E-state index contributed by atoms with van der Waals surface area (Å²) in [7, 11) is 0. The second-order valence-corrected chi connectivity index (χ2v) is 4.25. The van der Waals surface area contributed by atoms with Crippen molar-refractivity contribution < 1.29 is 9.90 Å². The molecule has 80 valence electrons. The summed E-state index contributed by atoms with van der Waals surface area (Å²) in [4.78, 5) is 10.7. The highest BCUT2D eigenvalue weighted by molar-refractivity contribution is 5.75. The molecule has 1 fully saturated rings. The number of anilines is 1. The second-order valence-electron chi connectivity index (χ2n) is 4.25. The number of aliphatic carboxylic acids is 1. The zero-order valence-corrected chi connectivity index (χ0v) is 8.95. The van der Waals surface area contributed by atoms with Gasteiger partial charge in [0.25, 0.3) is 0 Å². The van der Waals surface area contributed by atoms with Crippen molar-refractivity contribution in [1.29, 1.82) is 0 Å². The summed E-state index contributed by atoms with van der Waals surface area (Å²) in [5.41, 5.74) is 3.41. The summed E-state index contributed by atoms with van der Waals surface area (Å²) >= 11 is 0. The van der Waals surface area contributed by atoms with Crippen LogP contribution >= 0.6 is 0 Å². The summed E-state index contributed by atoms with van der Waals surface area (Å²) in [5, 5.41) is 12.1. The van der Waals surface area contributed by atoms with E-state index in [0.717, 1.165) is 17.7 Å². The number of hydrogen-bond donors (Lipinski definition) is 2. The lowest BCUT2D eigenvalue weighted by atomic mass is 10.1. The normalized spacial score (nSPS) is 23.6. The highest BCUT2D eigenvalue weighted by Gasteiger charge is 2.43. The maximum atomic E-state index is 10.7. The van der Waals surface area contributed by atoms with Gasteiger partial charge in [0.15, 0.2) is 0 Å². The van der Waals surface area contributed by atoms with Crippen LogP contribution in [0.4, 0.5) is 5.69 Å². The molecule has 1 aliphatic carbocycles. The smallest absolute Gasteiger partial charge is 0.308 e. The van der Waals surface area contributed by atoms with Gasteiger partial charge in [0.1, 0.15) is 0 Å². The van der Waals surface area contributed by atoms with Crippen LogP contribution in [0.2, 0.25) is 0 Å². The molecule has 15 heavy (non-hydrogen) atoms. The molecule has 0 amide bonds. The molecule has 2 unspecified atom stereocenters. The van der Waals surface area contributed by atoms with Crippen LogP contribution in [0, 0.1) is 19.8 Å². The minimum absolute atomic E-state index is 0.114. The molecular formula is C12H15NO2. The average Bonchev–Trinajstić information content (AvgIpc) is 2.91. The van der Waals surface area contributed by atoms with E-state index in [1.807, 2.05) is 13.8 Å². The van der Waals surface area contributed by atoms with Crippen molar-refractivity contribution in [3.8, 4) is 0 Å². The van der Waals surface area contributed by atoms with Gasteiger partial charge in [-0.15, -0.1) is 0 Å². The van der Waals surface area contributed by atoms with Crippen molar-refractivity contribution in [1.82, 2.24) is 0 Å². The number of carboxylic acids is 1. The first kappa shape index (κ1) is 10.0. The van der Waals surface area contributed by atoms with Crippen LogP contribution in [-0.2, 0) is 4.79 Å². The van der Waals surface area contributed by atoms with Gasteiger partial charge in [0, 0.05) is 11.7 Å². The van der Waals surface area contributed by atoms with Gasteiger partial charge in [-0.2, -0.15) is 0 Å². The van der Waals surface area contributed by atoms with Crippen molar-refractivity contribution in [2.45, 2.75) is 26.3 Å². The zero-order valence-electron chi connectivity index (χ0n) is 8.95. The minimum atomic E-state index is -0.696. The standard InChI is InChI=1S/C12H15NO2/c1-7-3-4-8(2)10(5-7)13-11-6-9(11)12(14)15/h3-5,9,11,13H,6H2,1-2H3,(H,14,15). The molecule has 0 aromatic heterocycles. The van der Waals surface area contributed by atoms with Crippen LogP contribution in [0.1, 0.15) is 17.5 Å². The first-order chi connectivity index (χ1) is 7.08. The van der Waals surface area contributed by atoms with E-state index < -0.39 is 5.97 Å². The molecule has 1 aromatic rings. The van der Waals surface area contributed by atoms with Crippen LogP contribution in [-0.4, -0.2) is 17.1 Å². The Balaban J connectivity index is 2.06. The fraction of sp³-hybridized carbons (Fsp3) is 0.417. The quantitative estimate of drug-likeness (QED) is 0.795. The third kappa shape index (κ3) is 2.12. The molecule has 0 saturated heterocycles. The zero-order chi connectivity index (χ0) is 11.0. The third-order valence-electron chi connectivity index (χ3n) is 2.84. The molecular weight excluding hydrogens is 190 g/mol. The molecule has 0 heterocycles. The van der Waals surface area contributed by atoms with Gasteiger partial charge in [0.2, 0.25) is 0 Å². The number of rotatable bonds is 3. The first-order valence-electron chi connectivity index (χ1n) is 5.14. The Hall–Kier alpha value is -1.51. The Morgan fingerprint density at radius 2 is 2.20 bits per heavy atom. The van der Waals surface area contributed by atoms with E-state index in [2.05, 4.69) is 23.5 Å². The Morgan fingerprint density at radius 1 is 1.47 bits per heavy atom. The highest BCUT2D eigenvalue weighted by Crippen LogP contribution is 2.34. The minimum Gasteiger partial charge on any atom is -0.481 e. The maximum Gasteiger partial charge on any atom is 0.308 e. The number of hydrogen-bond acceptors (Lipinski definition) is 2. The van der Waals surface area contributed by atoms with E-state index >= 15 is 0 Å². The van der Waals surface area contributed by atoms with Crippen LogP contribution < -0.4 is 5.32 Å². The van der Waals surface area contributed by atoms with Gasteiger partial charge in [-0.05, 0) is 37.5 Å². The maximum absolute atomic E-state index is 10.7. The molecule has 3 heteroatoms. The van der Waals surface area contributed by atoms with Crippen molar-refractivity contribution in [3.05, 3.63) is 29.3 Å². The van der Waals surface area contributed by atoms with E-state index in [0.29, 0.717) is 0 Å². The van der Waals surface area contributed by atoms with Gasteiger partial charge in [-0.3, -0.25) is 4.79 Å². The highest BCUT2D eigenvalue weighted by atomic mass is 16.4. The molecule has 1 aromatic carbocycles. The molecule has 0 spiro atoms. The van der Waals surface area contributed by atoms with Crippen LogP contribution in [0.25, 0.3) is 0 Å². The van der Waals surface area contributed by atoms with Crippen molar-refractivity contribution >= 4 is 11.7 Å². The molecule has 0 aliphatic heterocycles. The molecule has 1 aliphatic rings. The number of benzene rings is 1. The summed E-state index contributed by atoms with van der Waals surface area (Å²) in [6.45, 7) is 4.06. The van der Waals surface area contributed by atoms with Crippen LogP contribution in [0.15, 0.2) is 18.2 Å². The predicted molar refractivity (Wildman–Crippen MR) is 59.1 cm³/mol. The number of carboxylic acid groups (broad SMARTS) is 1. The van der Waals surface area contributed by atoms with Crippen molar-refractivity contribution in [3.63, 3.8) is 0 Å². The molecule has 0 bridgehead atoms. The summed E-state index contributed by atoms with van der Waals surface area (Å²) < 4.78 is 0. The van der Waals surface area contributed by atoms with E-state index in [-0.39, 0.29) is 12.0 Å². The number of nitrogens with one attached hydrogen (secondary N) is 1. The van der Waals surface area contributed by atoms with Crippen molar-refractivity contribution in [2.24, 2.45) is 5.92 Å². The van der Waals surface area contributed by atoms with E-state index in [1.165, 1.54) is 5.56 Å². The van der Waals surface area contributed by atoms with Crippen LogP contribution in [0.3, 0.4) is 0 Å². The van der Waals surface area contributed by atoms with Gasteiger partial charge in [0.05, 0.1) is 5.92 Å². The second kappa shape index (κ2) is 3.57. The van der Waals surface area contributed by atoms with Crippen LogP contribution in [0.5, 0.6) is 0 Å². The molecule has 2 rings (SSSR count). The Labute approximate surface area is 89.1 Å². The van der Waals surface area contributed by atoms with E-state index in [4.69, 9.17) is 5.11 Å². The number of carbonyl (C=O) groups is 1. The summed E-state index contributed by atoms with van der Waals surface area (Å²) in [6.07, 6.45) is 0.739. The Morgan fingerprint density at radius 3 is 2.80 bits per heavy atom. The lowest BCUT2D eigenvalue weighted by Crippen LogP contribution is -2.10. The van der Waals surface area contributed by atoms with Crippen molar-refractivity contribution in [2.75, 3.05) is 5.32 Å². The van der Waals surface area contributed by atoms with E-state index in [1.54, 1.807) is 0 Å². The van der Waals surface area contributed by atoms with Gasteiger partial charge >= 0.3 is 5.97 Å². The third-order valence-corrected chi connectivity index (χ3v) is 2.84. The Bertz CT molecular complexity index is 401. The lowest BCUT2D eigenvalue weighted by Gasteiger charge is -2.09. The van der Waals surface area contributed by atoms with Gasteiger partial charge in [-0.1, -0.05) is 12.1 Å². The fourth-order valence-electron chi connectivity index (χ4n) is 1.72. The molecule has 3 nitrogen and oxygen atoms in total. The van der Waals surface area contributed by atoms with Gasteiger partial charge < -0.3 is 10.4 Å².